The van der Waals surface area contributed by atoms with Gasteiger partial charge in [0.2, 0.25) is 0 Å². The molecule has 0 atom stereocenters. The Labute approximate surface area is 135 Å². The first kappa shape index (κ1) is 16.6. The summed E-state index contributed by atoms with van der Waals surface area (Å²) < 4.78 is 5.61. The van der Waals surface area contributed by atoms with Gasteiger partial charge in [0, 0.05) is 6.54 Å². The molecule has 0 bridgehead atoms. The van der Waals surface area contributed by atoms with Crippen LogP contribution in [-0.2, 0) is 9.59 Å². The zero-order valence-corrected chi connectivity index (χ0v) is 13.8. The fraction of sp³-hybridized carbons (Fsp3) is 0.412. The van der Waals surface area contributed by atoms with E-state index in [0.29, 0.717) is 31.1 Å². The molecular weight excluding hydrogens is 302 g/mol. The minimum atomic E-state index is -0.413. The van der Waals surface area contributed by atoms with Crippen LogP contribution in [0.5, 0.6) is 5.75 Å². The maximum atomic E-state index is 12.3. The van der Waals surface area contributed by atoms with Crippen molar-refractivity contribution >= 4 is 29.0 Å². The van der Waals surface area contributed by atoms with Crippen LogP contribution in [0, 0.1) is 5.92 Å². The summed E-state index contributed by atoms with van der Waals surface area (Å²) in [5.74, 6) is 0.432. The van der Waals surface area contributed by atoms with E-state index in [1.807, 2.05) is 6.92 Å². The van der Waals surface area contributed by atoms with Crippen LogP contribution in [0.3, 0.4) is 0 Å². The summed E-state index contributed by atoms with van der Waals surface area (Å²) >= 11 is 6.07. The maximum Gasteiger partial charge on any atom is 0.273 e. The molecule has 2 amide bonds. The van der Waals surface area contributed by atoms with E-state index in [9.17, 15) is 9.59 Å². The Hall–Kier alpha value is -1.81. The van der Waals surface area contributed by atoms with Crippen molar-refractivity contribution in [2.24, 2.45) is 5.92 Å². The van der Waals surface area contributed by atoms with E-state index in [4.69, 9.17) is 16.3 Å². The molecule has 1 aromatic rings. The summed E-state index contributed by atoms with van der Waals surface area (Å²) in [6, 6.07) is 7.09. The molecule has 0 unspecified atom stereocenters. The van der Waals surface area contributed by atoms with Gasteiger partial charge in [-0.2, -0.15) is 0 Å². The zero-order valence-electron chi connectivity index (χ0n) is 13.1. The van der Waals surface area contributed by atoms with Gasteiger partial charge in [-0.25, -0.2) is 0 Å². The second kappa shape index (κ2) is 6.97. The summed E-state index contributed by atoms with van der Waals surface area (Å²) in [5.41, 5.74) is 0.911. The van der Waals surface area contributed by atoms with Crippen LogP contribution < -0.4 is 4.74 Å². The average Bonchev–Trinajstić information content (AvgIpc) is 2.70. The number of rotatable bonds is 6. The predicted molar refractivity (Wildman–Crippen MR) is 86.6 cm³/mol. The lowest BCUT2D eigenvalue weighted by Crippen LogP contribution is -2.31. The third-order valence-corrected chi connectivity index (χ3v) is 3.64. The Balaban J connectivity index is 2.21. The number of hydrogen-bond acceptors (Lipinski definition) is 3. The van der Waals surface area contributed by atoms with Gasteiger partial charge in [0.05, 0.1) is 12.2 Å². The fourth-order valence-corrected chi connectivity index (χ4v) is 2.50. The molecule has 22 heavy (non-hydrogen) atoms. The molecule has 2 rings (SSSR count). The SMILES string of the molecule is CCCN1C(=O)C(Cl)=C(c2ccc(OCC(C)C)cc2)C1=O. The third kappa shape index (κ3) is 3.33. The van der Waals surface area contributed by atoms with Crippen molar-refractivity contribution in [3.63, 3.8) is 0 Å². The molecule has 0 spiro atoms. The number of halogens is 1. The van der Waals surface area contributed by atoms with E-state index >= 15 is 0 Å². The first-order valence-corrected chi connectivity index (χ1v) is 7.82. The molecule has 0 radical (unpaired) electrons. The van der Waals surface area contributed by atoms with E-state index in [2.05, 4.69) is 13.8 Å². The van der Waals surface area contributed by atoms with Gasteiger partial charge in [-0.1, -0.05) is 44.5 Å². The number of ether oxygens (including phenoxy) is 1. The van der Waals surface area contributed by atoms with Crippen LogP contribution in [0.4, 0.5) is 0 Å². The molecule has 1 aliphatic heterocycles. The van der Waals surface area contributed by atoms with Crippen molar-refractivity contribution in [3.8, 4) is 5.75 Å². The Morgan fingerprint density at radius 3 is 2.32 bits per heavy atom. The van der Waals surface area contributed by atoms with E-state index in [1.54, 1.807) is 24.3 Å². The van der Waals surface area contributed by atoms with Gasteiger partial charge in [0.1, 0.15) is 10.8 Å². The highest BCUT2D eigenvalue weighted by molar-refractivity contribution is 6.55. The second-order valence-electron chi connectivity index (χ2n) is 5.68. The average molecular weight is 322 g/mol. The van der Waals surface area contributed by atoms with Crippen molar-refractivity contribution in [1.82, 2.24) is 4.90 Å². The van der Waals surface area contributed by atoms with Crippen LogP contribution >= 0.6 is 11.6 Å². The third-order valence-electron chi connectivity index (χ3n) is 3.28. The maximum absolute atomic E-state index is 12.3. The second-order valence-corrected chi connectivity index (χ2v) is 6.06. The van der Waals surface area contributed by atoms with E-state index in [-0.39, 0.29) is 16.5 Å². The summed E-state index contributed by atoms with van der Waals surface area (Å²) in [4.78, 5) is 25.6. The number of nitrogens with zero attached hydrogens (tertiary/aromatic N) is 1. The van der Waals surface area contributed by atoms with Gasteiger partial charge in [-0.15, -0.1) is 0 Å². The highest BCUT2D eigenvalue weighted by atomic mass is 35.5. The standard InChI is InChI=1S/C17H20ClNO3/c1-4-9-19-16(20)14(15(18)17(19)21)12-5-7-13(8-6-12)22-10-11(2)3/h5-8,11H,4,9-10H2,1-3H3. The quantitative estimate of drug-likeness (QED) is 0.754. The number of carbonyl (C=O) groups is 2. The largest absolute Gasteiger partial charge is 0.493 e. The van der Waals surface area contributed by atoms with Crippen molar-refractivity contribution in [3.05, 3.63) is 34.9 Å². The number of benzene rings is 1. The molecule has 0 saturated carbocycles. The molecule has 0 N–H and O–H groups in total. The Kier molecular flexibility index (Phi) is 5.24. The Morgan fingerprint density at radius 1 is 1.14 bits per heavy atom. The van der Waals surface area contributed by atoms with Gasteiger partial charge in [-0.05, 0) is 30.0 Å². The summed E-state index contributed by atoms with van der Waals surface area (Å²) in [6.45, 7) is 7.07. The minimum absolute atomic E-state index is 0.00528. The van der Waals surface area contributed by atoms with Crippen LogP contribution in [0.2, 0.25) is 0 Å². The van der Waals surface area contributed by atoms with Crippen molar-refractivity contribution in [2.75, 3.05) is 13.2 Å². The highest BCUT2D eigenvalue weighted by Crippen LogP contribution is 2.32. The van der Waals surface area contributed by atoms with E-state index in [0.717, 1.165) is 5.75 Å². The minimum Gasteiger partial charge on any atom is -0.493 e. The lowest BCUT2D eigenvalue weighted by atomic mass is 10.1. The van der Waals surface area contributed by atoms with Gasteiger partial charge < -0.3 is 4.74 Å². The molecular formula is C17H20ClNO3. The summed E-state index contributed by atoms with van der Waals surface area (Å²) in [5, 5.41) is -0.00528. The zero-order chi connectivity index (χ0) is 16.3. The van der Waals surface area contributed by atoms with Gasteiger partial charge in [0.25, 0.3) is 11.8 Å². The molecule has 0 saturated heterocycles. The first-order chi connectivity index (χ1) is 10.5. The molecule has 118 valence electrons. The van der Waals surface area contributed by atoms with E-state index in [1.165, 1.54) is 4.90 Å². The number of amides is 2. The van der Waals surface area contributed by atoms with Crippen molar-refractivity contribution < 1.29 is 14.3 Å². The monoisotopic (exact) mass is 321 g/mol. The van der Waals surface area contributed by atoms with Gasteiger partial charge in [0.15, 0.2) is 0 Å². The molecule has 0 aromatic heterocycles. The molecule has 1 heterocycles. The molecule has 0 fully saturated rings. The predicted octanol–water partition coefficient (Wildman–Crippen LogP) is 3.45. The smallest absolute Gasteiger partial charge is 0.273 e. The van der Waals surface area contributed by atoms with E-state index < -0.39 is 5.91 Å². The van der Waals surface area contributed by atoms with Crippen LogP contribution in [0.15, 0.2) is 29.3 Å². The van der Waals surface area contributed by atoms with Crippen LogP contribution in [-0.4, -0.2) is 29.9 Å². The Morgan fingerprint density at radius 2 is 1.77 bits per heavy atom. The van der Waals surface area contributed by atoms with Gasteiger partial charge in [-0.3, -0.25) is 14.5 Å². The van der Waals surface area contributed by atoms with Crippen LogP contribution in [0.25, 0.3) is 5.57 Å². The number of hydrogen-bond donors (Lipinski definition) is 0. The van der Waals surface area contributed by atoms with Crippen LogP contribution in [0.1, 0.15) is 32.8 Å². The summed E-state index contributed by atoms with van der Waals surface area (Å²) in [7, 11) is 0. The fourth-order valence-electron chi connectivity index (χ4n) is 2.20. The molecule has 4 nitrogen and oxygen atoms in total. The topological polar surface area (TPSA) is 46.6 Å². The lowest BCUT2D eigenvalue weighted by Gasteiger charge is -2.13. The summed E-state index contributed by atoms with van der Waals surface area (Å²) in [6.07, 6.45) is 0.705. The Bertz CT molecular complexity index is 605. The molecule has 1 aromatic carbocycles. The first-order valence-electron chi connectivity index (χ1n) is 7.44. The number of carbonyl (C=O) groups excluding carboxylic acids is 2. The van der Waals surface area contributed by atoms with Crippen molar-refractivity contribution in [1.29, 1.82) is 0 Å². The van der Waals surface area contributed by atoms with Crippen molar-refractivity contribution in [2.45, 2.75) is 27.2 Å². The molecule has 0 aliphatic carbocycles. The normalized spacial score (nSPS) is 15.2. The highest BCUT2D eigenvalue weighted by Gasteiger charge is 2.37. The molecule has 1 aliphatic rings. The number of imide groups is 1. The molecule has 5 heteroatoms. The lowest BCUT2D eigenvalue weighted by molar-refractivity contribution is -0.136. The van der Waals surface area contributed by atoms with Gasteiger partial charge >= 0.3 is 0 Å².